The summed E-state index contributed by atoms with van der Waals surface area (Å²) in [6.45, 7) is 3.56. The molecule has 0 saturated carbocycles. The lowest BCUT2D eigenvalue weighted by atomic mass is 9.97. The molecule has 0 amide bonds. The van der Waals surface area contributed by atoms with Crippen molar-refractivity contribution in [1.82, 2.24) is 4.72 Å². The molecule has 0 aliphatic heterocycles. The fourth-order valence-electron chi connectivity index (χ4n) is 1.81. The van der Waals surface area contributed by atoms with E-state index in [0.29, 0.717) is 12.8 Å². The normalized spacial score (nSPS) is 14.5. The van der Waals surface area contributed by atoms with Gasteiger partial charge in [0.25, 0.3) is 0 Å². The smallest absolute Gasteiger partial charge is 0.241 e. The van der Waals surface area contributed by atoms with Crippen molar-refractivity contribution in [3.8, 4) is 6.07 Å². The van der Waals surface area contributed by atoms with Crippen molar-refractivity contribution in [3.05, 3.63) is 29.8 Å². The van der Waals surface area contributed by atoms with Gasteiger partial charge in [-0.05, 0) is 37.5 Å². The van der Waals surface area contributed by atoms with Gasteiger partial charge in [-0.1, -0.05) is 19.1 Å². The van der Waals surface area contributed by atoms with Gasteiger partial charge in [-0.3, -0.25) is 0 Å². The van der Waals surface area contributed by atoms with Crippen molar-refractivity contribution in [3.63, 3.8) is 0 Å². The third-order valence-corrected chi connectivity index (χ3v) is 5.00. The lowest BCUT2D eigenvalue weighted by Crippen LogP contribution is -2.46. The average Bonchev–Trinajstić information content (AvgIpc) is 2.39. The summed E-state index contributed by atoms with van der Waals surface area (Å²) in [5.41, 5.74) is 0.110. The van der Waals surface area contributed by atoms with E-state index in [0.717, 1.165) is 5.56 Å². The number of hydrogen-bond acceptors (Lipinski definition) is 4. The molecule has 5 nitrogen and oxygen atoms in total. The van der Waals surface area contributed by atoms with Gasteiger partial charge in [-0.15, -0.1) is 0 Å². The van der Waals surface area contributed by atoms with Crippen molar-refractivity contribution in [2.45, 2.75) is 43.5 Å². The largest absolute Gasteiger partial charge is 0.396 e. The number of rotatable bonds is 7. The van der Waals surface area contributed by atoms with E-state index in [1.165, 1.54) is 12.1 Å². The second-order valence-electron chi connectivity index (χ2n) is 4.97. The highest BCUT2D eigenvalue weighted by Gasteiger charge is 2.28. The van der Waals surface area contributed by atoms with Gasteiger partial charge in [0.1, 0.15) is 0 Å². The SMILES string of the molecule is CCC(C)(CCO)NS(=O)(=O)c1ccc(CC#N)cc1. The Morgan fingerprint density at radius 2 is 1.95 bits per heavy atom. The first-order valence-electron chi connectivity index (χ1n) is 6.47. The van der Waals surface area contributed by atoms with Crippen LogP contribution in [-0.4, -0.2) is 25.7 Å². The molecule has 0 saturated heterocycles. The maximum atomic E-state index is 12.3. The Bertz CT molecular complexity index is 575. The highest BCUT2D eigenvalue weighted by molar-refractivity contribution is 7.89. The summed E-state index contributed by atoms with van der Waals surface area (Å²) < 4.78 is 27.2. The number of nitrogens with one attached hydrogen (secondary N) is 1. The number of sulfonamides is 1. The van der Waals surface area contributed by atoms with E-state index < -0.39 is 15.6 Å². The molecule has 1 aromatic rings. The predicted molar refractivity (Wildman–Crippen MR) is 76.5 cm³/mol. The minimum Gasteiger partial charge on any atom is -0.396 e. The van der Waals surface area contributed by atoms with E-state index >= 15 is 0 Å². The summed E-state index contributed by atoms with van der Waals surface area (Å²) in [7, 11) is -3.63. The van der Waals surface area contributed by atoms with Crippen molar-refractivity contribution in [2.75, 3.05) is 6.61 Å². The van der Waals surface area contributed by atoms with Crippen LogP contribution in [0.4, 0.5) is 0 Å². The highest BCUT2D eigenvalue weighted by atomic mass is 32.2. The summed E-state index contributed by atoms with van der Waals surface area (Å²) in [5, 5.41) is 17.6. The van der Waals surface area contributed by atoms with E-state index in [2.05, 4.69) is 4.72 Å². The van der Waals surface area contributed by atoms with E-state index in [4.69, 9.17) is 10.4 Å². The molecule has 1 aromatic carbocycles. The number of benzene rings is 1. The Hall–Kier alpha value is -1.42. The number of hydrogen-bond donors (Lipinski definition) is 2. The Morgan fingerprint density at radius 1 is 1.35 bits per heavy atom. The lowest BCUT2D eigenvalue weighted by Gasteiger charge is -2.28. The Morgan fingerprint density at radius 3 is 2.40 bits per heavy atom. The second-order valence-corrected chi connectivity index (χ2v) is 6.65. The molecule has 1 rings (SSSR count). The maximum absolute atomic E-state index is 12.3. The molecule has 0 aliphatic carbocycles. The van der Waals surface area contributed by atoms with Gasteiger partial charge in [-0.25, -0.2) is 13.1 Å². The molecule has 0 aliphatic rings. The average molecular weight is 296 g/mol. The Labute approximate surface area is 120 Å². The molecule has 1 atom stereocenters. The van der Waals surface area contributed by atoms with Crippen LogP contribution in [0.1, 0.15) is 32.3 Å². The third kappa shape index (κ3) is 4.30. The molecule has 0 fully saturated rings. The van der Waals surface area contributed by atoms with Gasteiger partial charge >= 0.3 is 0 Å². The molecular weight excluding hydrogens is 276 g/mol. The van der Waals surface area contributed by atoms with Gasteiger partial charge in [-0.2, -0.15) is 5.26 Å². The van der Waals surface area contributed by atoms with Crippen LogP contribution in [-0.2, 0) is 16.4 Å². The lowest BCUT2D eigenvalue weighted by molar-refractivity contribution is 0.233. The second kappa shape index (κ2) is 6.84. The van der Waals surface area contributed by atoms with Crippen molar-refractivity contribution < 1.29 is 13.5 Å². The fourth-order valence-corrected chi connectivity index (χ4v) is 3.32. The first-order valence-corrected chi connectivity index (χ1v) is 7.96. The zero-order valence-corrected chi connectivity index (χ0v) is 12.6. The molecule has 6 heteroatoms. The van der Waals surface area contributed by atoms with Crippen molar-refractivity contribution in [2.24, 2.45) is 0 Å². The van der Waals surface area contributed by atoms with Crippen LogP contribution in [0.3, 0.4) is 0 Å². The summed E-state index contributed by atoms with van der Waals surface area (Å²) in [6.07, 6.45) is 1.19. The van der Waals surface area contributed by atoms with Crippen LogP contribution in [0.5, 0.6) is 0 Å². The third-order valence-electron chi connectivity index (χ3n) is 3.34. The molecule has 0 radical (unpaired) electrons. The van der Waals surface area contributed by atoms with Gasteiger partial charge in [0.05, 0.1) is 17.4 Å². The quantitative estimate of drug-likeness (QED) is 0.799. The molecule has 0 spiro atoms. The standard InChI is InChI=1S/C14H20N2O3S/c1-3-14(2,9-11-17)16-20(18,19)13-6-4-12(5-7-13)8-10-15/h4-7,16-17H,3,8-9,11H2,1-2H3. The number of aliphatic hydroxyl groups excluding tert-OH is 1. The maximum Gasteiger partial charge on any atom is 0.241 e. The number of nitrogens with zero attached hydrogens (tertiary/aromatic N) is 1. The van der Waals surface area contributed by atoms with Crippen LogP contribution < -0.4 is 4.72 Å². The van der Waals surface area contributed by atoms with E-state index in [1.54, 1.807) is 19.1 Å². The highest BCUT2D eigenvalue weighted by Crippen LogP contribution is 2.19. The molecule has 1 unspecified atom stereocenters. The molecule has 0 aromatic heterocycles. The van der Waals surface area contributed by atoms with Crippen molar-refractivity contribution >= 4 is 10.0 Å². The first-order chi connectivity index (χ1) is 9.37. The zero-order chi connectivity index (χ0) is 15.2. The minimum atomic E-state index is -3.63. The summed E-state index contributed by atoms with van der Waals surface area (Å²) in [6, 6.07) is 8.26. The van der Waals surface area contributed by atoms with E-state index in [1.807, 2.05) is 13.0 Å². The van der Waals surface area contributed by atoms with Gasteiger partial charge in [0.2, 0.25) is 10.0 Å². The molecular formula is C14H20N2O3S. The number of aliphatic hydroxyl groups is 1. The Balaban J connectivity index is 2.96. The molecule has 2 N–H and O–H groups in total. The Kier molecular flexibility index (Phi) is 5.69. The topological polar surface area (TPSA) is 90.2 Å². The van der Waals surface area contributed by atoms with Gasteiger partial charge in [0.15, 0.2) is 0 Å². The zero-order valence-electron chi connectivity index (χ0n) is 11.8. The molecule has 0 bridgehead atoms. The summed E-state index contributed by atoms with van der Waals surface area (Å²) in [5.74, 6) is 0. The monoisotopic (exact) mass is 296 g/mol. The molecule has 20 heavy (non-hydrogen) atoms. The van der Waals surface area contributed by atoms with Crippen molar-refractivity contribution in [1.29, 1.82) is 5.26 Å². The predicted octanol–water partition coefficient (Wildman–Crippen LogP) is 1.58. The fraction of sp³-hybridized carbons (Fsp3) is 0.500. The minimum absolute atomic E-state index is 0.0754. The molecule has 110 valence electrons. The van der Waals surface area contributed by atoms with Crippen LogP contribution in [0.15, 0.2) is 29.2 Å². The van der Waals surface area contributed by atoms with Gasteiger partial charge in [0, 0.05) is 12.1 Å². The van der Waals surface area contributed by atoms with Crippen LogP contribution in [0, 0.1) is 11.3 Å². The van der Waals surface area contributed by atoms with E-state index in [9.17, 15) is 8.42 Å². The molecule has 0 heterocycles. The van der Waals surface area contributed by atoms with Crippen LogP contribution in [0.25, 0.3) is 0 Å². The first kappa shape index (κ1) is 16.6. The van der Waals surface area contributed by atoms with Crippen LogP contribution in [0.2, 0.25) is 0 Å². The summed E-state index contributed by atoms with van der Waals surface area (Å²) >= 11 is 0. The van der Waals surface area contributed by atoms with Crippen LogP contribution >= 0.6 is 0 Å². The number of nitriles is 1. The summed E-state index contributed by atoms with van der Waals surface area (Å²) in [4.78, 5) is 0.164. The van der Waals surface area contributed by atoms with E-state index in [-0.39, 0.29) is 17.9 Å². The van der Waals surface area contributed by atoms with Gasteiger partial charge < -0.3 is 5.11 Å².